The summed E-state index contributed by atoms with van der Waals surface area (Å²) < 4.78 is 5.93. The fourth-order valence-electron chi connectivity index (χ4n) is 3.95. The Bertz CT molecular complexity index is 873. The molecule has 2 aromatic rings. The summed E-state index contributed by atoms with van der Waals surface area (Å²) >= 11 is 0. The zero-order valence-electron chi connectivity index (χ0n) is 16.8. The Kier molecular flexibility index (Phi) is 6.06. The van der Waals surface area contributed by atoms with Gasteiger partial charge < -0.3 is 14.5 Å². The molecule has 1 aromatic carbocycles. The number of aromatic nitrogens is 2. The Morgan fingerprint density at radius 2 is 1.67 bits per heavy atom. The summed E-state index contributed by atoms with van der Waals surface area (Å²) in [5, 5.41) is 19.3. The van der Waals surface area contributed by atoms with E-state index in [-0.39, 0.29) is 17.7 Å². The second kappa shape index (κ2) is 9.06. The molecule has 0 unspecified atom stereocenters. The molecule has 1 saturated heterocycles. The van der Waals surface area contributed by atoms with Gasteiger partial charge in [0.05, 0.1) is 4.92 Å². The third-order valence-corrected chi connectivity index (χ3v) is 5.68. The fraction of sp³-hybridized carbons (Fsp3) is 0.476. The summed E-state index contributed by atoms with van der Waals surface area (Å²) in [7, 11) is 0. The van der Waals surface area contributed by atoms with Crippen molar-refractivity contribution in [3.05, 3.63) is 52.1 Å². The van der Waals surface area contributed by atoms with Gasteiger partial charge in [-0.3, -0.25) is 14.9 Å². The Morgan fingerprint density at radius 3 is 2.27 bits per heavy atom. The lowest BCUT2D eigenvalue weighted by Crippen LogP contribution is -2.49. The summed E-state index contributed by atoms with van der Waals surface area (Å²) in [6.45, 7) is 2.40. The topological polar surface area (TPSA) is 102 Å². The van der Waals surface area contributed by atoms with Gasteiger partial charge in [-0.1, -0.05) is 6.42 Å². The highest BCUT2D eigenvalue weighted by Gasteiger charge is 2.24. The number of hydrogen-bond donors (Lipinski definition) is 0. The number of nitrogens with zero attached hydrogens (tertiary/aromatic N) is 5. The van der Waals surface area contributed by atoms with Gasteiger partial charge in [0.25, 0.3) is 11.6 Å². The Hall–Kier alpha value is -3.23. The van der Waals surface area contributed by atoms with Crippen LogP contribution < -0.4 is 9.64 Å². The summed E-state index contributed by atoms with van der Waals surface area (Å²) in [5.41, 5.74) is 0.434. The van der Waals surface area contributed by atoms with Gasteiger partial charge >= 0.3 is 0 Å². The van der Waals surface area contributed by atoms with Crippen molar-refractivity contribution >= 4 is 17.4 Å². The van der Waals surface area contributed by atoms with Gasteiger partial charge in [-0.25, -0.2) is 0 Å². The number of ether oxygens (including phenoxy) is 1. The van der Waals surface area contributed by atoms with Gasteiger partial charge in [-0.2, -0.15) is 0 Å². The van der Waals surface area contributed by atoms with E-state index in [0.717, 1.165) is 18.7 Å². The van der Waals surface area contributed by atoms with Crippen molar-refractivity contribution in [3.8, 4) is 5.88 Å². The minimum Gasteiger partial charge on any atom is -0.473 e. The predicted octanol–water partition coefficient (Wildman–Crippen LogP) is 3.06. The van der Waals surface area contributed by atoms with Crippen LogP contribution in [0, 0.1) is 10.1 Å². The number of carbonyl (C=O) groups excluding carboxylic acids is 1. The molecule has 1 aliphatic carbocycles. The molecule has 4 rings (SSSR count). The molecule has 1 saturated carbocycles. The number of piperazine rings is 1. The van der Waals surface area contributed by atoms with Gasteiger partial charge in [0, 0.05) is 49.9 Å². The van der Waals surface area contributed by atoms with Crippen LogP contribution in [0.15, 0.2) is 36.4 Å². The van der Waals surface area contributed by atoms with E-state index in [4.69, 9.17) is 4.74 Å². The van der Waals surface area contributed by atoms with Crippen molar-refractivity contribution in [1.82, 2.24) is 15.1 Å². The number of non-ortho nitro benzene ring substituents is 1. The second-order valence-corrected chi connectivity index (χ2v) is 7.69. The number of benzene rings is 1. The fourth-order valence-corrected chi connectivity index (χ4v) is 3.95. The zero-order valence-corrected chi connectivity index (χ0v) is 16.8. The number of nitro benzene ring substituents is 1. The molecule has 0 spiro atoms. The number of nitro groups is 1. The molecule has 1 amide bonds. The van der Waals surface area contributed by atoms with Gasteiger partial charge in [0.1, 0.15) is 6.10 Å². The molecule has 0 radical (unpaired) electrons. The van der Waals surface area contributed by atoms with Crippen LogP contribution in [0.25, 0.3) is 0 Å². The monoisotopic (exact) mass is 411 g/mol. The first-order valence-electron chi connectivity index (χ1n) is 10.4. The highest BCUT2D eigenvalue weighted by Crippen LogP contribution is 2.23. The number of hydrogen-bond acceptors (Lipinski definition) is 7. The standard InChI is InChI=1S/C21H25N5O4/c27-21(16-6-8-17(9-7-16)26(28)29)25-14-12-24(13-15-25)19-10-11-20(23-22-19)30-18-4-2-1-3-5-18/h6-11,18H,1-5,12-15H2. The Morgan fingerprint density at radius 1 is 0.967 bits per heavy atom. The van der Waals surface area contributed by atoms with Crippen molar-refractivity contribution in [2.24, 2.45) is 0 Å². The first kappa shape index (κ1) is 20.1. The molecule has 9 heteroatoms. The van der Waals surface area contributed by atoms with Gasteiger partial charge in [-0.05, 0) is 43.9 Å². The molecule has 9 nitrogen and oxygen atoms in total. The van der Waals surface area contributed by atoms with Crippen LogP contribution in [-0.4, -0.2) is 58.2 Å². The van der Waals surface area contributed by atoms with Gasteiger partial charge in [0.2, 0.25) is 5.88 Å². The predicted molar refractivity (Wildman–Crippen MR) is 111 cm³/mol. The van der Waals surface area contributed by atoms with Crippen molar-refractivity contribution in [3.63, 3.8) is 0 Å². The van der Waals surface area contributed by atoms with E-state index in [1.165, 1.54) is 43.5 Å². The van der Waals surface area contributed by atoms with Crippen LogP contribution >= 0.6 is 0 Å². The molecular formula is C21H25N5O4. The van der Waals surface area contributed by atoms with E-state index in [1.807, 2.05) is 12.1 Å². The molecule has 2 aliphatic rings. The Labute approximate surface area is 174 Å². The van der Waals surface area contributed by atoms with E-state index in [2.05, 4.69) is 15.1 Å². The van der Waals surface area contributed by atoms with Crippen LogP contribution in [0.2, 0.25) is 0 Å². The normalized spacial score (nSPS) is 17.6. The zero-order chi connectivity index (χ0) is 20.9. The molecule has 2 fully saturated rings. The molecule has 2 heterocycles. The first-order chi connectivity index (χ1) is 14.6. The molecule has 30 heavy (non-hydrogen) atoms. The quantitative estimate of drug-likeness (QED) is 0.550. The maximum atomic E-state index is 12.7. The van der Waals surface area contributed by atoms with E-state index in [1.54, 1.807) is 4.90 Å². The summed E-state index contributed by atoms with van der Waals surface area (Å²) in [6.07, 6.45) is 6.09. The summed E-state index contributed by atoms with van der Waals surface area (Å²) in [5.74, 6) is 1.22. The maximum Gasteiger partial charge on any atom is 0.269 e. The highest BCUT2D eigenvalue weighted by molar-refractivity contribution is 5.94. The van der Waals surface area contributed by atoms with E-state index in [9.17, 15) is 14.9 Å². The lowest BCUT2D eigenvalue weighted by molar-refractivity contribution is -0.384. The maximum absolute atomic E-state index is 12.7. The summed E-state index contributed by atoms with van der Waals surface area (Å²) in [4.78, 5) is 26.8. The Balaban J connectivity index is 1.30. The lowest BCUT2D eigenvalue weighted by Gasteiger charge is -2.35. The highest BCUT2D eigenvalue weighted by atomic mass is 16.6. The average Bonchev–Trinajstić information content (AvgIpc) is 2.80. The van der Waals surface area contributed by atoms with Gasteiger partial charge in [0.15, 0.2) is 5.82 Å². The molecule has 0 N–H and O–H groups in total. The van der Waals surface area contributed by atoms with Crippen LogP contribution in [0.4, 0.5) is 11.5 Å². The number of rotatable bonds is 5. The van der Waals surface area contributed by atoms with Crippen LogP contribution in [0.1, 0.15) is 42.5 Å². The lowest BCUT2D eigenvalue weighted by atomic mass is 9.98. The van der Waals surface area contributed by atoms with Crippen molar-refractivity contribution < 1.29 is 14.5 Å². The number of amides is 1. The summed E-state index contributed by atoms with van der Waals surface area (Å²) in [6, 6.07) is 9.50. The van der Waals surface area contributed by atoms with E-state index in [0.29, 0.717) is 37.6 Å². The van der Waals surface area contributed by atoms with Crippen molar-refractivity contribution in [2.75, 3.05) is 31.1 Å². The van der Waals surface area contributed by atoms with Crippen molar-refractivity contribution in [2.45, 2.75) is 38.2 Å². The first-order valence-corrected chi connectivity index (χ1v) is 10.4. The SMILES string of the molecule is O=C(c1ccc([N+](=O)[O-])cc1)N1CCN(c2ccc(OC3CCCCC3)nn2)CC1. The molecule has 1 aromatic heterocycles. The smallest absolute Gasteiger partial charge is 0.269 e. The minimum absolute atomic E-state index is 0.0224. The molecule has 158 valence electrons. The number of carbonyl (C=O) groups is 1. The number of anilines is 1. The third kappa shape index (κ3) is 4.67. The second-order valence-electron chi connectivity index (χ2n) is 7.69. The molecular weight excluding hydrogens is 386 g/mol. The largest absolute Gasteiger partial charge is 0.473 e. The molecule has 0 atom stereocenters. The molecule has 1 aliphatic heterocycles. The van der Waals surface area contributed by atoms with Crippen LogP contribution in [0.5, 0.6) is 5.88 Å². The van der Waals surface area contributed by atoms with E-state index >= 15 is 0 Å². The third-order valence-electron chi connectivity index (χ3n) is 5.68. The van der Waals surface area contributed by atoms with Crippen LogP contribution in [0.3, 0.4) is 0 Å². The minimum atomic E-state index is -0.473. The molecule has 0 bridgehead atoms. The van der Waals surface area contributed by atoms with Gasteiger partial charge in [-0.15, -0.1) is 10.2 Å². The van der Waals surface area contributed by atoms with Crippen LogP contribution in [-0.2, 0) is 0 Å². The van der Waals surface area contributed by atoms with Crippen molar-refractivity contribution in [1.29, 1.82) is 0 Å². The average molecular weight is 411 g/mol. The van der Waals surface area contributed by atoms with E-state index < -0.39 is 4.92 Å².